The Bertz CT molecular complexity index is 453. The number of hydrogen-bond donors (Lipinski definition) is 2. The van der Waals surface area contributed by atoms with E-state index in [2.05, 4.69) is 17.2 Å². The van der Waals surface area contributed by atoms with Crippen LogP contribution in [0.2, 0.25) is 0 Å². The van der Waals surface area contributed by atoms with Crippen LogP contribution in [0, 0.1) is 0 Å². The first kappa shape index (κ1) is 11.6. The summed E-state index contributed by atoms with van der Waals surface area (Å²) in [4.78, 5) is 4.07. The Morgan fingerprint density at radius 2 is 2.00 bits per heavy atom. The summed E-state index contributed by atoms with van der Waals surface area (Å²) in [6, 6.07) is 11.5. The first-order chi connectivity index (χ1) is 8.25. The molecule has 0 aliphatic heterocycles. The summed E-state index contributed by atoms with van der Waals surface area (Å²) in [5.74, 6) is 0.299. The van der Waals surface area contributed by atoms with Gasteiger partial charge in [-0.15, -0.1) is 0 Å². The molecule has 1 atom stereocenters. The number of aromatic hydroxyl groups is 1. The maximum Gasteiger partial charge on any atom is 0.115 e. The average molecular weight is 228 g/mol. The maximum absolute atomic E-state index is 9.22. The molecule has 88 valence electrons. The van der Waals surface area contributed by atoms with Gasteiger partial charge < -0.3 is 10.4 Å². The second-order valence-corrected chi connectivity index (χ2v) is 4.06. The normalized spacial score (nSPS) is 12.3. The Kier molecular flexibility index (Phi) is 3.73. The highest BCUT2D eigenvalue weighted by Crippen LogP contribution is 2.16. The molecule has 2 N–H and O–H groups in total. The van der Waals surface area contributed by atoms with E-state index >= 15 is 0 Å². The van der Waals surface area contributed by atoms with Crippen molar-refractivity contribution in [1.82, 2.24) is 10.3 Å². The molecular formula is C14H16N2O. The zero-order chi connectivity index (χ0) is 12.1. The lowest BCUT2D eigenvalue weighted by molar-refractivity contribution is 0.474. The molecule has 0 aliphatic rings. The predicted octanol–water partition coefficient (Wildman–Crippen LogP) is 2.64. The van der Waals surface area contributed by atoms with Gasteiger partial charge in [0.1, 0.15) is 5.75 Å². The third-order valence-corrected chi connectivity index (χ3v) is 2.73. The largest absolute Gasteiger partial charge is 0.508 e. The first-order valence-corrected chi connectivity index (χ1v) is 5.67. The molecule has 3 nitrogen and oxygen atoms in total. The van der Waals surface area contributed by atoms with Gasteiger partial charge in [0.15, 0.2) is 0 Å². The second kappa shape index (κ2) is 5.46. The van der Waals surface area contributed by atoms with E-state index in [0.717, 1.165) is 17.7 Å². The van der Waals surface area contributed by atoms with Gasteiger partial charge in [-0.05, 0) is 36.2 Å². The Morgan fingerprint density at radius 1 is 1.24 bits per heavy atom. The van der Waals surface area contributed by atoms with Crippen molar-refractivity contribution >= 4 is 0 Å². The number of aromatic nitrogens is 1. The standard InChI is InChI=1S/C14H16N2O/c1-11(13-4-6-14(17)7-5-13)16-10-12-3-2-8-15-9-12/h2-9,11,16-17H,10H2,1H3. The van der Waals surface area contributed by atoms with E-state index in [1.54, 1.807) is 18.3 Å². The highest BCUT2D eigenvalue weighted by molar-refractivity contribution is 5.27. The molecule has 2 rings (SSSR count). The van der Waals surface area contributed by atoms with Crippen LogP contribution < -0.4 is 5.32 Å². The minimum atomic E-state index is 0.246. The van der Waals surface area contributed by atoms with Crippen LogP contribution in [-0.4, -0.2) is 10.1 Å². The third kappa shape index (κ3) is 3.29. The summed E-state index contributed by atoms with van der Waals surface area (Å²) in [7, 11) is 0. The molecule has 0 amide bonds. The van der Waals surface area contributed by atoms with Crippen LogP contribution in [0.5, 0.6) is 5.75 Å². The number of phenols is 1. The fourth-order valence-corrected chi connectivity index (χ4v) is 1.65. The van der Waals surface area contributed by atoms with Crippen molar-refractivity contribution in [1.29, 1.82) is 0 Å². The van der Waals surface area contributed by atoms with Crippen LogP contribution in [0.3, 0.4) is 0 Å². The van der Waals surface area contributed by atoms with Crippen LogP contribution in [-0.2, 0) is 6.54 Å². The van der Waals surface area contributed by atoms with Gasteiger partial charge in [-0.3, -0.25) is 4.98 Å². The van der Waals surface area contributed by atoms with Crippen molar-refractivity contribution in [2.24, 2.45) is 0 Å². The van der Waals surface area contributed by atoms with Gasteiger partial charge in [0.05, 0.1) is 0 Å². The maximum atomic E-state index is 9.22. The number of pyridine rings is 1. The van der Waals surface area contributed by atoms with Crippen molar-refractivity contribution in [3.8, 4) is 5.75 Å². The molecule has 2 aromatic rings. The van der Waals surface area contributed by atoms with Gasteiger partial charge in [-0.1, -0.05) is 18.2 Å². The first-order valence-electron chi connectivity index (χ1n) is 5.67. The molecule has 0 bridgehead atoms. The predicted molar refractivity (Wildman–Crippen MR) is 67.6 cm³/mol. The topological polar surface area (TPSA) is 45.2 Å². The number of phenolic OH excluding ortho intramolecular Hbond substituents is 1. The fourth-order valence-electron chi connectivity index (χ4n) is 1.65. The zero-order valence-electron chi connectivity index (χ0n) is 9.80. The molecule has 1 unspecified atom stereocenters. The van der Waals surface area contributed by atoms with E-state index < -0.39 is 0 Å². The Hall–Kier alpha value is -1.87. The molecule has 3 heteroatoms. The van der Waals surface area contributed by atoms with Crippen molar-refractivity contribution in [2.75, 3.05) is 0 Å². The molecule has 0 fully saturated rings. The van der Waals surface area contributed by atoms with Gasteiger partial charge in [-0.25, -0.2) is 0 Å². The van der Waals surface area contributed by atoms with Crippen molar-refractivity contribution in [3.63, 3.8) is 0 Å². The third-order valence-electron chi connectivity index (χ3n) is 2.73. The van der Waals surface area contributed by atoms with Crippen molar-refractivity contribution < 1.29 is 5.11 Å². The second-order valence-electron chi connectivity index (χ2n) is 4.06. The summed E-state index contributed by atoms with van der Waals surface area (Å²) in [5.41, 5.74) is 2.32. The summed E-state index contributed by atoms with van der Waals surface area (Å²) >= 11 is 0. The average Bonchev–Trinajstić information content (AvgIpc) is 2.38. The van der Waals surface area contributed by atoms with Crippen molar-refractivity contribution in [3.05, 3.63) is 59.9 Å². The van der Waals surface area contributed by atoms with Gasteiger partial charge >= 0.3 is 0 Å². The lowest BCUT2D eigenvalue weighted by atomic mass is 10.1. The molecule has 17 heavy (non-hydrogen) atoms. The minimum absolute atomic E-state index is 0.246. The smallest absolute Gasteiger partial charge is 0.115 e. The van der Waals surface area contributed by atoms with Gasteiger partial charge in [0.25, 0.3) is 0 Å². The van der Waals surface area contributed by atoms with Crippen LogP contribution >= 0.6 is 0 Å². The van der Waals surface area contributed by atoms with Crippen LogP contribution in [0.15, 0.2) is 48.8 Å². The molecule has 1 aromatic heterocycles. The lowest BCUT2D eigenvalue weighted by Gasteiger charge is -2.14. The van der Waals surface area contributed by atoms with Crippen LogP contribution in [0.1, 0.15) is 24.1 Å². The summed E-state index contributed by atoms with van der Waals surface area (Å²) in [6.07, 6.45) is 3.63. The zero-order valence-corrected chi connectivity index (χ0v) is 9.80. The van der Waals surface area contributed by atoms with Crippen molar-refractivity contribution in [2.45, 2.75) is 19.5 Å². The van der Waals surface area contributed by atoms with Gasteiger partial charge in [0, 0.05) is 25.0 Å². The number of hydrogen-bond acceptors (Lipinski definition) is 3. The summed E-state index contributed by atoms with van der Waals surface area (Å²) in [5, 5.41) is 12.6. The highest BCUT2D eigenvalue weighted by Gasteiger charge is 2.04. The monoisotopic (exact) mass is 228 g/mol. The number of nitrogens with zero attached hydrogens (tertiary/aromatic N) is 1. The van der Waals surface area contributed by atoms with E-state index in [0.29, 0.717) is 5.75 Å². The van der Waals surface area contributed by atoms with E-state index in [1.165, 1.54) is 0 Å². The van der Waals surface area contributed by atoms with Crippen LogP contribution in [0.4, 0.5) is 0 Å². The molecule has 1 heterocycles. The molecule has 0 saturated carbocycles. The molecule has 0 spiro atoms. The van der Waals surface area contributed by atoms with E-state index in [9.17, 15) is 5.11 Å². The molecule has 0 radical (unpaired) electrons. The number of benzene rings is 1. The number of rotatable bonds is 4. The van der Waals surface area contributed by atoms with Gasteiger partial charge in [-0.2, -0.15) is 0 Å². The molecule has 1 aromatic carbocycles. The number of nitrogens with one attached hydrogen (secondary N) is 1. The quantitative estimate of drug-likeness (QED) is 0.845. The molecule has 0 saturated heterocycles. The Balaban J connectivity index is 1.93. The Morgan fingerprint density at radius 3 is 2.65 bits per heavy atom. The fraction of sp³-hybridized carbons (Fsp3) is 0.214. The van der Waals surface area contributed by atoms with E-state index in [4.69, 9.17) is 0 Å². The highest BCUT2D eigenvalue weighted by atomic mass is 16.3. The minimum Gasteiger partial charge on any atom is -0.508 e. The summed E-state index contributed by atoms with van der Waals surface area (Å²) < 4.78 is 0. The SMILES string of the molecule is CC(NCc1cccnc1)c1ccc(O)cc1. The summed E-state index contributed by atoms with van der Waals surface area (Å²) in [6.45, 7) is 2.89. The molecule has 0 aliphatic carbocycles. The van der Waals surface area contributed by atoms with Crippen LogP contribution in [0.25, 0.3) is 0 Å². The Labute approximate surface area is 101 Å². The van der Waals surface area contributed by atoms with E-state index in [-0.39, 0.29) is 6.04 Å². The lowest BCUT2D eigenvalue weighted by Crippen LogP contribution is -2.17. The van der Waals surface area contributed by atoms with Gasteiger partial charge in [0.2, 0.25) is 0 Å². The molecular weight excluding hydrogens is 212 g/mol. The van der Waals surface area contributed by atoms with E-state index in [1.807, 2.05) is 30.5 Å².